The number of hydrogen-bond donors (Lipinski definition) is 1. The Morgan fingerprint density at radius 3 is 2.59 bits per heavy atom. The zero-order chi connectivity index (χ0) is 19.2. The Morgan fingerprint density at radius 2 is 1.89 bits per heavy atom. The number of carbonyl (C=O) groups is 1. The topological polar surface area (TPSA) is 50.8 Å². The van der Waals surface area contributed by atoms with Crippen LogP contribution in [-0.2, 0) is 11.2 Å². The number of amides is 1. The van der Waals surface area contributed by atoms with Crippen LogP contribution in [0, 0.1) is 0 Å². The van der Waals surface area contributed by atoms with Gasteiger partial charge in [0.25, 0.3) is 0 Å². The van der Waals surface area contributed by atoms with Gasteiger partial charge in [0.05, 0.1) is 6.04 Å². The normalized spacial score (nSPS) is 13.9. The van der Waals surface area contributed by atoms with Gasteiger partial charge in [0.1, 0.15) is 0 Å². The second kappa shape index (κ2) is 8.73. The Balaban J connectivity index is 1.58. The number of carbonyl (C=O) groups excluding carboxylic acids is 1. The molecule has 0 bridgehead atoms. The van der Waals surface area contributed by atoms with Gasteiger partial charge in [0, 0.05) is 12.6 Å². The molecule has 0 aliphatic carbocycles. The average molecular weight is 366 g/mol. The summed E-state index contributed by atoms with van der Waals surface area (Å²) in [6.07, 6.45) is 4.34. The van der Waals surface area contributed by atoms with E-state index >= 15 is 0 Å². The SMILES string of the molecule is CCc1ccc([C@@H](CNC(=O)/C=C\c2ccc3c(c2)OCO3)N(C)C)cc1. The van der Waals surface area contributed by atoms with Crippen molar-refractivity contribution in [3.8, 4) is 11.5 Å². The third kappa shape index (κ3) is 4.89. The summed E-state index contributed by atoms with van der Waals surface area (Å²) in [4.78, 5) is 14.4. The lowest BCUT2D eigenvalue weighted by atomic mass is 10.0. The minimum Gasteiger partial charge on any atom is -0.454 e. The Hall–Kier alpha value is -2.79. The van der Waals surface area contributed by atoms with E-state index in [0.717, 1.165) is 17.7 Å². The molecule has 2 aromatic rings. The largest absolute Gasteiger partial charge is 0.454 e. The number of rotatable bonds is 7. The highest BCUT2D eigenvalue weighted by molar-refractivity contribution is 5.91. The van der Waals surface area contributed by atoms with E-state index < -0.39 is 0 Å². The number of fused-ring (bicyclic) bond motifs is 1. The number of nitrogens with zero attached hydrogens (tertiary/aromatic N) is 1. The minimum atomic E-state index is -0.121. The van der Waals surface area contributed by atoms with Crippen LogP contribution in [0.5, 0.6) is 11.5 Å². The Bertz CT molecular complexity index is 813. The van der Waals surface area contributed by atoms with Gasteiger partial charge in [-0.2, -0.15) is 0 Å². The average Bonchev–Trinajstić information content (AvgIpc) is 3.14. The van der Waals surface area contributed by atoms with Crippen LogP contribution in [0.1, 0.15) is 29.7 Å². The van der Waals surface area contributed by atoms with Gasteiger partial charge in [0.15, 0.2) is 11.5 Å². The van der Waals surface area contributed by atoms with Crippen molar-refractivity contribution >= 4 is 12.0 Å². The summed E-state index contributed by atoms with van der Waals surface area (Å²) in [6.45, 7) is 2.93. The molecular formula is C22H26N2O3. The molecule has 142 valence electrons. The first-order chi connectivity index (χ1) is 13.1. The molecule has 1 aliphatic heterocycles. The fourth-order valence-corrected chi connectivity index (χ4v) is 3.02. The molecule has 0 radical (unpaired) electrons. The predicted octanol–water partition coefficient (Wildman–Crippen LogP) is 3.41. The summed E-state index contributed by atoms with van der Waals surface area (Å²) in [5.41, 5.74) is 3.40. The number of hydrogen-bond acceptors (Lipinski definition) is 4. The summed E-state index contributed by atoms with van der Waals surface area (Å²) in [7, 11) is 4.04. The molecule has 0 unspecified atom stereocenters. The van der Waals surface area contributed by atoms with Gasteiger partial charge in [0.2, 0.25) is 12.7 Å². The Kier molecular flexibility index (Phi) is 6.14. The number of benzene rings is 2. The van der Waals surface area contributed by atoms with E-state index in [4.69, 9.17) is 9.47 Å². The molecular weight excluding hydrogens is 340 g/mol. The summed E-state index contributed by atoms with van der Waals surface area (Å²) in [6, 6.07) is 14.3. The quantitative estimate of drug-likeness (QED) is 0.763. The monoisotopic (exact) mass is 366 g/mol. The second-order valence-electron chi connectivity index (χ2n) is 6.77. The molecule has 1 aliphatic rings. The maximum atomic E-state index is 12.2. The van der Waals surface area contributed by atoms with Gasteiger partial charge in [-0.15, -0.1) is 0 Å². The molecule has 2 aromatic carbocycles. The van der Waals surface area contributed by atoms with Crippen molar-refractivity contribution in [2.45, 2.75) is 19.4 Å². The van der Waals surface area contributed by atoms with Crippen LogP contribution >= 0.6 is 0 Å². The maximum absolute atomic E-state index is 12.2. The number of nitrogens with one attached hydrogen (secondary N) is 1. The molecule has 1 heterocycles. The fourth-order valence-electron chi connectivity index (χ4n) is 3.02. The van der Waals surface area contributed by atoms with Crippen LogP contribution in [0.3, 0.4) is 0 Å². The van der Waals surface area contributed by atoms with E-state index in [0.29, 0.717) is 12.3 Å². The fraction of sp³-hybridized carbons (Fsp3) is 0.318. The van der Waals surface area contributed by atoms with Gasteiger partial charge in [-0.25, -0.2) is 0 Å². The summed E-state index contributed by atoms with van der Waals surface area (Å²) in [5, 5.41) is 2.99. The Morgan fingerprint density at radius 1 is 1.15 bits per heavy atom. The molecule has 0 saturated heterocycles. The van der Waals surface area contributed by atoms with E-state index in [1.165, 1.54) is 11.1 Å². The maximum Gasteiger partial charge on any atom is 0.244 e. The number of likely N-dealkylation sites (N-methyl/N-ethyl adjacent to an activating group) is 1. The third-order valence-electron chi connectivity index (χ3n) is 4.69. The number of ether oxygens (including phenoxy) is 2. The van der Waals surface area contributed by atoms with Crippen molar-refractivity contribution in [1.29, 1.82) is 0 Å². The van der Waals surface area contributed by atoms with Gasteiger partial charge in [-0.05, 0) is 55.4 Å². The number of aryl methyl sites for hydroxylation is 1. The van der Waals surface area contributed by atoms with Crippen molar-refractivity contribution in [3.05, 3.63) is 65.2 Å². The molecule has 0 aromatic heterocycles. The summed E-state index contributed by atoms with van der Waals surface area (Å²) in [5.74, 6) is 1.32. The first-order valence-corrected chi connectivity index (χ1v) is 9.17. The zero-order valence-electron chi connectivity index (χ0n) is 16.1. The molecule has 27 heavy (non-hydrogen) atoms. The highest BCUT2D eigenvalue weighted by Gasteiger charge is 2.15. The lowest BCUT2D eigenvalue weighted by Gasteiger charge is -2.25. The molecule has 3 rings (SSSR count). The molecule has 5 heteroatoms. The van der Waals surface area contributed by atoms with Crippen molar-refractivity contribution in [2.75, 3.05) is 27.4 Å². The summed E-state index contributed by atoms with van der Waals surface area (Å²) < 4.78 is 10.6. The van der Waals surface area contributed by atoms with Crippen LogP contribution < -0.4 is 14.8 Å². The molecule has 1 N–H and O–H groups in total. The lowest BCUT2D eigenvalue weighted by molar-refractivity contribution is -0.116. The summed E-state index contributed by atoms with van der Waals surface area (Å²) >= 11 is 0. The van der Waals surface area contributed by atoms with Gasteiger partial charge >= 0.3 is 0 Å². The molecule has 0 spiro atoms. The molecule has 0 fully saturated rings. The molecule has 5 nitrogen and oxygen atoms in total. The van der Waals surface area contributed by atoms with Gasteiger partial charge in [-0.1, -0.05) is 37.3 Å². The first kappa shape index (κ1) is 19.0. The molecule has 0 saturated carbocycles. The van der Waals surface area contributed by atoms with E-state index in [9.17, 15) is 4.79 Å². The standard InChI is InChI=1S/C22H26N2O3/c1-4-16-5-9-18(10-6-16)19(24(2)3)14-23-22(25)12-8-17-7-11-20-21(13-17)27-15-26-20/h5-13,19H,4,14-15H2,1-3H3,(H,23,25)/b12-8-/t19-/m1/s1. The minimum absolute atomic E-state index is 0.121. The van der Waals surface area contributed by atoms with Crippen LogP contribution in [0.2, 0.25) is 0 Å². The first-order valence-electron chi connectivity index (χ1n) is 9.17. The predicted molar refractivity (Wildman–Crippen MR) is 107 cm³/mol. The molecule has 1 atom stereocenters. The van der Waals surface area contributed by atoms with E-state index in [2.05, 4.69) is 41.4 Å². The Labute approximate surface area is 160 Å². The van der Waals surface area contributed by atoms with E-state index in [1.807, 2.05) is 32.3 Å². The van der Waals surface area contributed by atoms with Crippen LogP contribution in [0.15, 0.2) is 48.5 Å². The van der Waals surface area contributed by atoms with Crippen molar-refractivity contribution in [1.82, 2.24) is 10.2 Å². The van der Waals surface area contributed by atoms with Gasteiger partial charge in [-0.3, -0.25) is 4.79 Å². The highest BCUT2D eigenvalue weighted by atomic mass is 16.7. The lowest BCUT2D eigenvalue weighted by Crippen LogP contribution is -2.33. The van der Waals surface area contributed by atoms with Gasteiger partial charge < -0.3 is 19.7 Å². The smallest absolute Gasteiger partial charge is 0.244 e. The van der Waals surface area contributed by atoms with Crippen LogP contribution in [0.25, 0.3) is 6.08 Å². The highest BCUT2D eigenvalue weighted by Crippen LogP contribution is 2.32. The van der Waals surface area contributed by atoms with Crippen molar-refractivity contribution < 1.29 is 14.3 Å². The van der Waals surface area contributed by atoms with E-state index in [-0.39, 0.29) is 18.7 Å². The third-order valence-corrected chi connectivity index (χ3v) is 4.69. The van der Waals surface area contributed by atoms with Crippen LogP contribution in [0.4, 0.5) is 0 Å². The van der Waals surface area contributed by atoms with Crippen molar-refractivity contribution in [3.63, 3.8) is 0 Å². The zero-order valence-corrected chi connectivity index (χ0v) is 16.1. The molecule has 1 amide bonds. The van der Waals surface area contributed by atoms with Crippen LogP contribution in [-0.4, -0.2) is 38.2 Å². The van der Waals surface area contributed by atoms with E-state index in [1.54, 1.807) is 12.2 Å². The second-order valence-corrected chi connectivity index (χ2v) is 6.77. The van der Waals surface area contributed by atoms with Crippen molar-refractivity contribution in [2.24, 2.45) is 0 Å².